The lowest BCUT2D eigenvalue weighted by Crippen LogP contribution is -2.51. The minimum atomic E-state index is -0.756. The summed E-state index contributed by atoms with van der Waals surface area (Å²) in [4.78, 5) is 57.7. The molecular weight excluding hydrogens is 554 g/mol. The van der Waals surface area contributed by atoms with Crippen molar-refractivity contribution in [3.05, 3.63) is 35.4 Å². The third kappa shape index (κ3) is 9.42. The van der Waals surface area contributed by atoms with Crippen molar-refractivity contribution >= 4 is 23.6 Å². The SMILES string of the molecule is CC[C@H](C)[C@@H]1NC(=O)CCCN(C(C)=O)CCCNC(=O)Cn2nc(Cc3ccc(OC)c(OC)c3)nc2[C@@H](C)NC1=O. The van der Waals surface area contributed by atoms with Gasteiger partial charge in [0.15, 0.2) is 17.3 Å². The predicted octanol–water partition coefficient (Wildman–Crippen LogP) is 1.74. The van der Waals surface area contributed by atoms with Crippen LogP contribution in [0.15, 0.2) is 18.2 Å². The number of nitrogens with zero attached hydrogens (tertiary/aromatic N) is 4. The maximum absolute atomic E-state index is 13.5. The van der Waals surface area contributed by atoms with Gasteiger partial charge in [0.05, 0.1) is 20.3 Å². The van der Waals surface area contributed by atoms with E-state index in [1.54, 1.807) is 32.1 Å². The van der Waals surface area contributed by atoms with Gasteiger partial charge in [0, 0.05) is 39.4 Å². The summed E-state index contributed by atoms with van der Waals surface area (Å²) in [7, 11) is 3.13. The van der Waals surface area contributed by atoms with Crippen molar-refractivity contribution in [3.8, 4) is 11.5 Å². The molecule has 236 valence electrons. The number of rotatable bonds is 6. The first-order valence-electron chi connectivity index (χ1n) is 14.8. The summed E-state index contributed by atoms with van der Waals surface area (Å²) in [5.74, 6) is 0.979. The number of hydrogen-bond acceptors (Lipinski definition) is 8. The molecule has 3 atom stereocenters. The number of benzene rings is 1. The first-order valence-corrected chi connectivity index (χ1v) is 14.8. The highest BCUT2D eigenvalue weighted by Gasteiger charge is 2.29. The summed E-state index contributed by atoms with van der Waals surface area (Å²) < 4.78 is 12.2. The average molecular weight is 600 g/mol. The van der Waals surface area contributed by atoms with E-state index >= 15 is 0 Å². The van der Waals surface area contributed by atoms with Crippen LogP contribution in [0.4, 0.5) is 0 Å². The minimum Gasteiger partial charge on any atom is -0.493 e. The fourth-order valence-corrected chi connectivity index (χ4v) is 4.95. The molecule has 4 amide bonds. The molecular formula is C30H45N7O6. The molecule has 0 radical (unpaired) electrons. The number of amides is 4. The zero-order valence-corrected chi connectivity index (χ0v) is 26.1. The van der Waals surface area contributed by atoms with Gasteiger partial charge in [0.2, 0.25) is 23.6 Å². The van der Waals surface area contributed by atoms with Crippen molar-refractivity contribution < 1.29 is 28.7 Å². The predicted molar refractivity (Wildman–Crippen MR) is 159 cm³/mol. The molecule has 1 aliphatic rings. The topological polar surface area (TPSA) is 157 Å². The van der Waals surface area contributed by atoms with Gasteiger partial charge in [-0.1, -0.05) is 26.3 Å². The second kappa shape index (κ2) is 15.9. The number of aromatic nitrogens is 3. The Morgan fingerprint density at radius 2 is 1.79 bits per heavy atom. The van der Waals surface area contributed by atoms with Crippen molar-refractivity contribution in [3.63, 3.8) is 0 Å². The number of carbonyl (C=O) groups is 4. The fraction of sp³-hybridized carbons (Fsp3) is 0.600. The molecule has 2 heterocycles. The van der Waals surface area contributed by atoms with Crippen LogP contribution in [0.5, 0.6) is 11.5 Å². The first-order chi connectivity index (χ1) is 20.6. The molecule has 0 saturated heterocycles. The van der Waals surface area contributed by atoms with Crippen LogP contribution in [0, 0.1) is 5.92 Å². The molecule has 43 heavy (non-hydrogen) atoms. The number of ether oxygens (including phenoxy) is 2. The second-order valence-corrected chi connectivity index (χ2v) is 10.9. The Morgan fingerprint density at radius 3 is 2.47 bits per heavy atom. The molecule has 0 fully saturated rings. The van der Waals surface area contributed by atoms with Gasteiger partial charge in [-0.2, -0.15) is 5.10 Å². The lowest BCUT2D eigenvalue weighted by atomic mass is 9.97. The standard InChI is InChI=1S/C30H45N7O6/c1-7-19(2)28-30(41)32-20(3)29-33-25(17-22-11-12-23(42-5)24(16-22)43-6)35-37(29)18-27(40)31-13-9-15-36(21(4)38)14-8-10-26(39)34-28/h11-12,16,19-20,28H,7-10,13-15,17-18H2,1-6H3,(H,31,40)(H,32,41)(H,34,39)/t19-,20+,28-/m0/s1. The van der Waals surface area contributed by atoms with E-state index in [0.717, 1.165) is 5.56 Å². The van der Waals surface area contributed by atoms with E-state index in [0.29, 0.717) is 68.5 Å². The highest BCUT2D eigenvalue weighted by Crippen LogP contribution is 2.28. The molecule has 1 aliphatic heterocycles. The van der Waals surface area contributed by atoms with Gasteiger partial charge in [-0.25, -0.2) is 9.67 Å². The summed E-state index contributed by atoms with van der Waals surface area (Å²) >= 11 is 0. The van der Waals surface area contributed by atoms with Crippen LogP contribution in [0.2, 0.25) is 0 Å². The Hall–Kier alpha value is -4.16. The quantitative estimate of drug-likeness (QED) is 0.453. The molecule has 1 aromatic carbocycles. The molecule has 0 spiro atoms. The molecule has 13 nitrogen and oxygen atoms in total. The first kappa shape index (κ1) is 33.3. The summed E-state index contributed by atoms with van der Waals surface area (Å²) in [6, 6.07) is 4.17. The molecule has 13 heteroatoms. The van der Waals surface area contributed by atoms with Gasteiger partial charge in [-0.05, 0) is 43.4 Å². The number of carbonyl (C=O) groups excluding carboxylic acids is 4. The van der Waals surface area contributed by atoms with E-state index in [4.69, 9.17) is 14.5 Å². The maximum Gasteiger partial charge on any atom is 0.243 e. The third-order valence-corrected chi connectivity index (χ3v) is 7.61. The largest absolute Gasteiger partial charge is 0.493 e. The van der Waals surface area contributed by atoms with Gasteiger partial charge in [0.1, 0.15) is 18.4 Å². The molecule has 2 aromatic rings. The average Bonchev–Trinajstić information content (AvgIpc) is 3.37. The van der Waals surface area contributed by atoms with Gasteiger partial charge in [-0.15, -0.1) is 0 Å². The Morgan fingerprint density at radius 1 is 1.07 bits per heavy atom. The molecule has 0 bridgehead atoms. The smallest absolute Gasteiger partial charge is 0.243 e. The molecule has 3 rings (SSSR count). The molecule has 1 aromatic heterocycles. The van der Waals surface area contributed by atoms with E-state index in [1.165, 1.54) is 11.6 Å². The van der Waals surface area contributed by atoms with Crippen molar-refractivity contribution in [2.24, 2.45) is 5.92 Å². The van der Waals surface area contributed by atoms with Gasteiger partial charge >= 0.3 is 0 Å². The van der Waals surface area contributed by atoms with E-state index in [9.17, 15) is 19.2 Å². The van der Waals surface area contributed by atoms with E-state index < -0.39 is 12.1 Å². The van der Waals surface area contributed by atoms with Crippen molar-refractivity contribution in [2.45, 2.75) is 78.4 Å². The summed E-state index contributed by atoms with van der Waals surface area (Å²) in [6.07, 6.45) is 2.25. The van der Waals surface area contributed by atoms with E-state index in [-0.39, 0.29) is 42.5 Å². The second-order valence-electron chi connectivity index (χ2n) is 10.9. The van der Waals surface area contributed by atoms with Crippen LogP contribution in [0.1, 0.15) is 76.6 Å². The highest BCUT2D eigenvalue weighted by molar-refractivity contribution is 5.88. The van der Waals surface area contributed by atoms with Crippen molar-refractivity contribution in [2.75, 3.05) is 33.9 Å². The van der Waals surface area contributed by atoms with Crippen molar-refractivity contribution in [1.82, 2.24) is 35.6 Å². The normalized spacial score (nSPS) is 20.0. The van der Waals surface area contributed by atoms with Crippen LogP contribution >= 0.6 is 0 Å². The number of hydrogen-bond donors (Lipinski definition) is 3. The molecule has 0 aliphatic carbocycles. The third-order valence-electron chi connectivity index (χ3n) is 7.61. The molecule has 3 N–H and O–H groups in total. The van der Waals surface area contributed by atoms with Crippen LogP contribution < -0.4 is 25.4 Å². The Balaban J connectivity index is 1.91. The lowest BCUT2D eigenvalue weighted by Gasteiger charge is -2.26. The van der Waals surface area contributed by atoms with E-state index in [2.05, 4.69) is 21.0 Å². The van der Waals surface area contributed by atoms with Crippen molar-refractivity contribution in [1.29, 1.82) is 0 Å². The van der Waals surface area contributed by atoms with Gasteiger partial charge in [-0.3, -0.25) is 19.2 Å². The summed E-state index contributed by atoms with van der Waals surface area (Å²) in [5, 5.41) is 13.4. The lowest BCUT2D eigenvalue weighted by molar-refractivity contribution is -0.131. The highest BCUT2D eigenvalue weighted by atomic mass is 16.5. The minimum absolute atomic E-state index is 0.0961. The Bertz CT molecular complexity index is 1280. The van der Waals surface area contributed by atoms with Gasteiger partial charge < -0.3 is 30.3 Å². The Labute approximate surface area is 253 Å². The van der Waals surface area contributed by atoms with E-state index in [1.807, 2.05) is 26.0 Å². The zero-order chi connectivity index (χ0) is 31.5. The fourth-order valence-electron chi connectivity index (χ4n) is 4.95. The van der Waals surface area contributed by atoms with Crippen LogP contribution in [-0.4, -0.2) is 83.2 Å². The number of fused-ring (bicyclic) bond motifs is 1. The van der Waals surface area contributed by atoms with Crippen LogP contribution in [-0.2, 0) is 32.1 Å². The monoisotopic (exact) mass is 599 g/mol. The summed E-state index contributed by atoms with van der Waals surface area (Å²) in [6.45, 7) is 8.27. The molecule has 0 unspecified atom stereocenters. The van der Waals surface area contributed by atoms with Crippen LogP contribution in [0.3, 0.4) is 0 Å². The number of methoxy groups -OCH3 is 2. The Kier molecular flexibility index (Phi) is 12.3. The van der Waals surface area contributed by atoms with Gasteiger partial charge in [0.25, 0.3) is 0 Å². The zero-order valence-electron chi connectivity index (χ0n) is 26.1. The molecule has 0 saturated carbocycles. The number of nitrogens with one attached hydrogen (secondary N) is 3. The maximum atomic E-state index is 13.5. The summed E-state index contributed by atoms with van der Waals surface area (Å²) in [5.41, 5.74) is 0.877. The van der Waals surface area contributed by atoms with Crippen LogP contribution in [0.25, 0.3) is 0 Å².